The van der Waals surface area contributed by atoms with Crippen molar-refractivity contribution in [1.29, 1.82) is 0 Å². The van der Waals surface area contributed by atoms with Crippen LogP contribution >= 0.6 is 47.2 Å². The van der Waals surface area contributed by atoms with Crippen LogP contribution in [0, 0.1) is 6.92 Å². The summed E-state index contributed by atoms with van der Waals surface area (Å²) in [5, 5.41) is 1.85. The van der Waals surface area contributed by atoms with Gasteiger partial charge in [-0.1, -0.05) is 53.0 Å². The predicted octanol–water partition coefficient (Wildman–Crippen LogP) is 6.56. The monoisotopic (exact) mass is 412 g/mol. The lowest BCUT2D eigenvalue weighted by molar-refractivity contribution is 1.01. The van der Waals surface area contributed by atoms with Crippen molar-refractivity contribution in [3.8, 4) is 22.4 Å². The molecule has 0 saturated carbocycles. The fraction of sp³-hybridized carbons (Fsp3) is 0.105. The summed E-state index contributed by atoms with van der Waals surface area (Å²) < 4.78 is 0. The van der Waals surface area contributed by atoms with Gasteiger partial charge in [0, 0.05) is 44.0 Å². The third kappa shape index (κ3) is 4.28. The van der Waals surface area contributed by atoms with Crippen molar-refractivity contribution in [3.63, 3.8) is 0 Å². The Labute approximate surface area is 168 Å². The molecule has 6 heteroatoms. The first kappa shape index (κ1) is 20.0. The zero-order valence-corrected chi connectivity index (χ0v) is 16.5. The first-order chi connectivity index (χ1) is 11.5. The Morgan fingerprint density at radius 3 is 2.12 bits per heavy atom. The molecule has 0 unspecified atom stereocenters. The van der Waals surface area contributed by atoms with E-state index in [1.807, 2.05) is 49.4 Å². The quantitative estimate of drug-likeness (QED) is 0.527. The topological polar surface area (TPSA) is 38.9 Å². The molecule has 0 amide bonds. The number of pyridine rings is 1. The molecule has 0 spiro atoms. The average molecular weight is 414 g/mol. The van der Waals surface area contributed by atoms with Gasteiger partial charge in [0.05, 0.1) is 5.69 Å². The fourth-order valence-electron chi connectivity index (χ4n) is 2.59. The van der Waals surface area contributed by atoms with Crippen LogP contribution in [0.1, 0.15) is 11.3 Å². The summed E-state index contributed by atoms with van der Waals surface area (Å²) in [6.45, 7) is 2.37. The Hall–Kier alpha value is -1.29. The van der Waals surface area contributed by atoms with Crippen LogP contribution in [-0.2, 0) is 6.54 Å². The number of hydrogen-bond acceptors (Lipinski definition) is 2. The minimum atomic E-state index is 0. The molecular weight excluding hydrogens is 398 g/mol. The number of halogens is 4. The van der Waals surface area contributed by atoms with E-state index in [9.17, 15) is 0 Å². The van der Waals surface area contributed by atoms with Gasteiger partial charge in [-0.25, -0.2) is 0 Å². The number of aromatic nitrogens is 1. The summed E-state index contributed by atoms with van der Waals surface area (Å²) in [6.07, 6.45) is 0. The fourth-order valence-corrected chi connectivity index (χ4v) is 3.23. The first-order valence-corrected chi connectivity index (χ1v) is 8.55. The standard InChI is InChI=1S/C19H15Cl3N2.ClH/c1-11-13(10-23)8-17(16-7-6-15(21)9-18(16)22)19(24-11)12-2-4-14(20)5-3-12;/h2-9H,10,23H2,1H3;1H. The molecule has 130 valence electrons. The second-order valence-corrected chi connectivity index (χ2v) is 6.74. The second kappa shape index (κ2) is 8.39. The molecule has 0 fully saturated rings. The van der Waals surface area contributed by atoms with Crippen LogP contribution in [0.2, 0.25) is 15.1 Å². The zero-order chi connectivity index (χ0) is 17.3. The van der Waals surface area contributed by atoms with Crippen LogP contribution in [0.3, 0.4) is 0 Å². The highest BCUT2D eigenvalue weighted by Crippen LogP contribution is 2.37. The molecule has 2 N–H and O–H groups in total. The lowest BCUT2D eigenvalue weighted by Crippen LogP contribution is -2.03. The van der Waals surface area contributed by atoms with Crippen molar-refractivity contribution in [2.75, 3.05) is 0 Å². The van der Waals surface area contributed by atoms with Gasteiger partial charge in [-0.15, -0.1) is 12.4 Å². The van der Waals surface area contributed by atoms with E-state index in [-0.39, 0.29) is 12.4 Å². The van der Waals surface area contributed by atoms with Gasteiger partial charge in [-0.3, -0.25) is 4.98 Å². The summed E-state index contributed by atoms with van der Waals surface area (Å²) in [7, 11) is 0. The minimum Gasteiger partial charge on any atom is -0.326 e. The molecule has 0 saturated heterocycles. The minimum absolute atomic E-state index is 0. The third-order valence-electron chi connectivity index (χ3n) is 3.88. The van der Waals surface area contributed by atoms with Crippen LogP contribution in [0.5, 0.6) is 0 Å². The highest BCUT2D eigenvalue weighted by Gasteiger charge is 2.15. The van der Waals surface area contributed by atoms with E-state index in [0.717, 1.165) is 33.6 Å². The van der Waals surface area contributed by atoms with Gasteiger partial charge in [0.15, 0.2) is 0 Å². The van der Waals surface area contributed by atoms with E-state index in [1.54, 1.807) is 6.07 Å². The Morgan fingerprint density at radius 2 is 1.52 bits per heavy atom. The van der Waals surface area contributed by atoms with Gasteiger partial charge in [0.1, 0.15) is 0 Å². The Balaban J connectivity index is 0.00000225. The average Bonchev–Trinajstić information content (AvgIpc) is 2.56. The van der Waals surface area contributed by atoms with Gasteiger partial charge in [-0.2, -0.15) is 0 Å². The van der Waals surface area contributed by atoms with Crippen LogP contribution in [0.25, 0.3) is 22.4 Å². The third-order valence-corrected chi connectivity index (χ3v) is 4.68. The second-order valence-electron chi connectivity index (χ2n) is 5.46. The number of hydrogen-bond donors (Lipinski definition) is 1. The molecule has 3 aromatic rings. The molecule has 2 nitrogen and oxygen atoms in total. The van der Waals surface area contributed by atoms with Crippen LogP contribution in [-0.4, -0.2) is 4.98 Å². The highest BCUT2D eigenvalue weighted by molar-refractivity contribution is 6.36. The largest absolute Gasteiger partial charge is 0.326 e. The molecule has 1 heterocycles. The van der Waals surface area contributed by atoms with Crippen molar-refractivity contribution in [1.82, 2.24) is 4.98 Å². The summed E-state index contributed by atoms with van der Waals surface area (Å²) in [6, 6.07) is 15.1. The van der Waals surface area contributed by atoms with E-state index in [0.29, 0.717) is 21.6 Å². The van der Waals surface area contributed by atoms with E-state index in [4.69, 9.17) is 45.5 Å². The first-order valence-electron chi connectivity index (χ1n) is 7.41. The number of benzene rings is 2. The maximum Gasteiger partial charge on any atom is 0.0784 e. The van der Waals surface area contributed by atoms with Crippen LogP contribution in [0.4, 0.5) is 0 Å². The molecule has 0 bridgehead atoms. The van der Waals surface area contributed by atoms with Gasteiger partial charge in [-0.05, 0) is 42.8 Å². The highest BCUT2D eigenvalue weighted by atomic mass is 35.5. The molecule has 1 aromatic heterocycles. The molecule has 2 aromatic carbocycles. The van der Waals surface area contributed by atoms with Gasteiger partial charge >= 0.3 is 0 Å². The zero-order valence-electron chi connectivity index (χ0n) is 13.4. The Morgan fingerprint density at radius 1 is 0.880 bits per heavy atom. The molecule has 0 aliphatic carbocycles. The van der Waals surface area contributed by atoms with Crippen molar-refractivity contribution in [2.45, 2.75) is 13.5 Å². The molecule has 25 heavy (non-hydrogen) atoms. The van der Waals surface area contributed by atoms with Gasteiger partial charge in [0.25, 0.3) is 0 Å². The lowest BCUT2D eigenvalue weighted by atomic mass is 9.96. The van der Waals surface area contributed by atoms with Crippen molar-refractivity contribution >= 4 is 47.2 Å². The summed E-state index contributed by atoms with van der Waals surface area (Å²) in [5.41, 5.74) is 11.3. The van der Waals surface area contributed by atoms with E-state index < -0.39 is 0 Å². The normalized spacial score (nSPS) is 10.4. The molecule has 0 aliphatic rings. The van der Waals surface area contributed by atoms with Crippen molar-refractivity contribution in [2.24, 2.45) is 5.73 Å². The van der Waals surface area contributed by atoms with Gasteiger partial charge in [0.2, 0.25) is 0 Å². The van der Waals surface area contributed by atoms with Crippen LogP contribution in [0.15, 0.2) is 48.5 Å². The Kier molecular flexibility index (Phi) is 6.72. The van der Waals surface area contributed by atoms with Crippen LogP contribution < -0.4 is 5.73 Å². The van der Waals surface area contributed by atoms with E-state index in [2.05, 4.69) is 0 Å². The summed E-state index contributed by atoms with van der Waals surface area (Å²) in [4.78, 5) is 4.77. The SMILES string of the molecule is Cc1nc(-c2ccc(Cl)cc2)c(-c2ccc(Cl)cc2Cl)cc1CN.Cl. The van der Waals surface area contributed by atoms with Gasteiger partial charge < -0.3 is 5.73 Å². The number of rotatable bonds is 3. The predicted molar refractivity (Wildman–Crippen MR) is 110 cm³/mol. The number of aryl methyl sites for hydroxylation is 1. The summed E-state index contributed by atoms with van der Waals surface area (Å²) >= 11 is 18.5. The summed E-state index contributed by atoms with van der Waals surface area (Å²) in [5.74, 6) is 0. The number of nitrogens with two attached hydrogens (primary N) is 1. The molecule has 3 rings (SSSR count). The number of nitrogens with zero attached hydrogens (tertiary/aromatic N) is 1. The molecule has 0 aliphatic heterocycles. The van der Waals surface area contributed by atoms with Crippen molar-refractivity contribution in [3.05, 3.63) is 74.9 Å². The Bertz CT molecular complexity index is 893. The van der Waals surface area contributed by atoms with Crippen molar-refractivity contribution < 1.29 is 0 Å². The maximum atomic E-state index is 6.42. The molecule has 0 atom stereocenters. The molecular formula is C19H16Cl4N2. The van der Waals surface area contributed by atoms with E-state index >= 15 is 0 Å². The molecule has 0 radical (unpaired) electrons. The lowest BCUT2D eigenvalue weighted by Gasteiger charge is -2.15. The van der Waals surface area contributed by atoms with E-state index in [1.165, 1.54) is 0 Å². The maximum absolute atomic E-state index is 6.42. The smallest absolute Gasteiger partial charge is 0.0784 e.